The van der Waals surface area contributed by atoms with Gasteiger partial charge in [0.05, 0.1) is 19.4 Å². The number of furan rings is 1. The zero-order chi connectivity index (χ0) is 15.8. The second kappa shape index (κ2) is 7.91. The van der Waals surface area contributed by atoms with Crippen LogP contribution in [0.25, 0.3) is 0 Å². The smallest absolute Gasteiger partial charge is 0.410 e. The average molecular weight is 297 g/mol. The first kappa shape index (κ1) is 15.7. The lowest BCUT2D eigenvalue weighted by Gasteiger charge is -2.27. The summed E-state index contributed by atoms with van der Waals surface area (Å²) in [5.74, 6) is 0.639. The average Bonchev–Trinajstić information content (AvgIpc) is 3.06. The van der Waals surface area contributed by atoms with Crippen LogP contribution in [-0.2, 0) is 11.3 Å². The van der Waals surface area contributed by atoms with Crippen LogP contribution in [0.4, 0.5) is 4.79 Å². The van der Waals surface area contributed by atoms with Gasteiger partial charge in [0.1, 0.15) is 11.8 Å². The van der Waals surface area contributed by atoms with Crippen LogP contribution >= 0.6 is 0 Å². The van der Waals surface area contributed by atoms with Crippen molar-refractivity contribution in [2.75, 3.05) is 6.61 Å². The summed E-state index contributed by atoms with van der Waals surface area (Å²) >= 11 is 0. The Morgan fingerprint density at radius 1 is 1.36 bits per heavy atom. The quantitative estimate of drug-likeness (QED) is 0.746. The molecule has 1 heterocycles. The maximum absolute atomic E-state index is 12.4. The van der Waals surface area contributed by atoms with Crippen molar-refractivity contribution < 1.29 is 13.9 Å². The molecule has 0 aliphatic heterocycles. The molecule has 1 amide bonds. The monoisotopic (exact) mass is 297 g/mol. The van der Waals surface area contributed by atoms with Crippen molar-refractivity contribution in [2.24, 2.45) is 0 Å². The van der Waals surface area contributed by atoms with Crippen LogP contribution in [0.5, 0.6) is 0 Å². The van der Waals surface area contributed by atoms with Gasteiger partial charge in [-0.2, -0.15) is 0 Å². The molecule has 0 radical (unpaired) electrons. The Balaban J connectivity index is 2.33. The van der Waals surface area contributed by atoms with Crippen LogP contribution < -0.4 is 0 Å². The van der Waals surface area contributed by atoms with Gasteiger partial charge in [-0.25, -0.2) is 4.79 Å². The molecule has 0 aliphatic carbocycles. The molecule has 1 aromatic heterocycles. The highest BCUT2D eigenvalue weighted by Gasteiger charge is 2.26. The Labute approximate surface area is 130 Å². The van der Waals surface area contributed by atoms with Crippen LogP contribution in [0.2, 0.25) is 0 Å². The molecule has 2 rings (SSSR count). The highest BCUT2D eigenvalue weighted by Crippen LogP contribution is 2.25. The third-order valence-corrected chi connectivity index (χ3v) is 3.14. The standard InChI is InChI=1S/C18H19NO3/c1-3-9-16(17-12-8-13-22-17)19(18(20)21-4-2)14-15-10-6-5-7-11-15/h5-13,16H,1,4,14H2,2H3. The van der Waals surface area contributed by atoms with E-state index in [1.807, 2.05) is 36.4 Å². The minimum absolute atomic E-state index is 0.312. The Bertz CT molecular complexity index is 628. The minimum atomic E-state index is -0.410. The third kappa shape index (κ3) is 3.90. The maximum Gasteiger partial charge on any atom is 0.410 e. The number of amides is 1. The van der Waals surface area contributed by atoms with E-state index in [1.165, 1.54) is 0 Å². The van der Waals surface area contributed by atoms with Gasteiger partial charge in [-0.3, -0.25) is 4.90 Å². The van der Waals surface area contributed by atoms with Crippen molar-refractivity contribution in [3.63, 3.8) is 0 Å². The summed E-state index contributed by atoms with van der Waals surface area (Å²) in [6.45, 7) is 6.10. The number of hydrogen-bond donors (Lipinski definition) is 0. The SMILES string of the molecule is C=C=CC(c1ccco1)N(Cc1ccccc1)C(=O)OCC. The van der Waals surface area contributed by atoms with Crippen LogP contribution in [0.1, 0.15) is 24.3 Å². The lowest BCUT2D eigenvalue weighted by atomic mass is 10.1. The van der Waals surface area contributed by atoms with Gasteiger partial charge < -0.3 is 9.15 Å². The van der Waals surface area contributed by atoms with Crippen LogP contribution in [-0.4, -0.2) is 17.6 Å². The van der Waals surface area contributed by atoms with E-state index in [0.29, 0.717) is 18.9 Å². The number of nitrogens with zero attached hydrogens (tertiary/aromatic N) is 1. The second-order valence-electron chi connectivity index (χ2n) is 4.64. The van der Waals surface area contributed by atoms with Crippen LogP contribution in [0.3, 0.4) is 0 Å². The highest BCUT2D eigenvalue weighted by atomic mass is 16.6. The van der Waals surface area contributed by atoms with E-state index in [9.17, 15) is 4.79 Å². The van der Waals surface area contributed by atoms with E-state index in [0.717, 1.165) is 5.56 Å². The molecular weight excluding hydrogens is 278 g/mol. The van der Waals surface area contributed by atoms with Gasteiger partial charge in [0, 0.05) is 0 Å². The Morgan fingerprint density at radius 3 is 2.73 bits per heavy atom. The highest BCUT2D eigenvalue weighted by molar-refractivity contribution is 5.68. The van der Waals surface area contributed by atoms with Crippen molar-refractivity contribution in [3.8, 4) is 0 Å². The molecular formula is C18H19NO3. The number of carbonyl (C=O) groups is 1. The normalized spacial score (nSPS) is 11.3. The molecule has 1 unspecified atom stereocenters. The van der Waals surface area contributed by atoms with Gasteiger partial charge >= 0.3 is 6.09 Å². The number of rotatable bonds is 6. The largest absolute Gasteiger partial charge is 0.467 e. The minimum Gasteiger partial charge on any atom is -0.467 e. The van der Waals surface area contributed by atoms with E-state index >= 15 is 0 Å². The number of ether oxygens (including phenoxy) is 1. The molecule has 1 aromatic carbocycles. The topological polar surface area (TPSA) is 42.7 Å². The molecule has 1 atom stereocenters. The summed E-state index contributed by atoms with van der Waals surface area (Å²) in [4.78, 5) is 13.9. The summed E-state index contributed by atoms with van der Waals surface area (Å²) in [7, 11) is 0. The molecule has 4 nitrogen and oxygen atoms in total. The lowest BCUT2D eigenvalue weighted by Crippen LogP contribution is -2.34. The summed E-state index contributed by atoms with van der Waals surface area (Å²) in [5.41, 5.74) is 3.74. The fourth-order valence-corrected chi connectivity index (χ4v) is 2.16. The van der Waals surface area contributed by atoms with E-state index < -0.39 is 12.1 Å². The predicted molar refractivity (Wildman–Crippen MR) is 84.2 cm³/mol. The molecule has 0 spiro atoms. The summed E-state index contributed by atoms with van der Waals surface area (Å²) < 4.78 is 10.6. The lowest BCUT2D eigenvalue weighted by molar-refractivity contribution is 0.0906. The van der Waals surface area contributed by atoms with Gasteiger partial charge in [-0.05, 0) is 30.7 Å². The van der Waals surface area contributed by atoms with Crippen LogP contribution in [0.15, 0.2) is 71.5 Å². The molecule has 114 valence electrons. The van der Waals surface area contributed by atoms with E-state index in [-0.39, 0.29) is 0 Å². The molecule has 2 aromatic rings. The van der Waals surface area contributed by atoms with Gasteiger partial charge in [0.25, 0.3) is 0 Å². The van der Waals surface area contributed by atoms with Gasteiger partial charge in [-0.15, -0.1) is 5.73 Å². The molecule has 0 N–H and O–H groups in total. The van der Waals surface area contributed by atoms with Gasteiger partial charge in [-0.1, -0.05) is 36.9 Å². The third-order valence-electron chi connectivity index (χ3n) is 3.14. The van der Waals surface area contributed by atoms with Gasteiger partial charge in [0.2, 0.25) is 0 Å². The van der Waals surface area contributed by atoms with E-state index in [1.54, 1.807) is 30.2 Å². The molecule has 0 fully saturated rings. The van der Waals surface area contributed by atoms with Crippen LogP contribution in [0, 0.1) is 0 Å². The fourth-order valence-electron chi connectivity index (χ4n) is 2.16. The van der Waals surface area contributed by atoms with E-state index in [2.05, 4.69) is 12.3 Å². The maximum atomic E-state index is 12.4. The Hall–Kier alpha value is -2.71. The second-order valence-corrected chi connectivity index (χ2v) is 4.64. The molecule has 0 saturated carbocycles. The fraction of sp³-hybridized carbons (Fsp3) is 0.222. The van der Waals surface area contributed by atoms with E-state index in [4.69, 9.17) is 9.15 Å². The van der Waals surface area contributed by atoms with Crippen molar-refractivity contribution >= 4 is 6.09 Å². The number of benzene rings is 1. The zero-order valence-electron chi connectivity index (χ0n) is 12.6. The number of carbonyl (C=O) groups excluding carboxylic acids is 1. The summed E-state index contributed by atoms with van der Waals surface area (Å²) in [6.07, 6.45) is 2.86. The molecule has 0 aliphatic rings. The van der Waals surface area contributed by atoms with Crippen molar-refractivity contribution in [3.05, 3.63) is 78.4 Å². The van der Waals surface area contributed by atoms with Crippen molar-refractivity contribution in [1.29, 1.82) is 0 Å². The molecule has 4 heteroatoms. The van der Waals surface area contributed by atoms with Crippen molar-refractivity contribution in [1.82, 2.24) is 4.90 Å². The predicted octanol–water partition coefficient (Wildman–Crippen LogP) is 4.32. The first-order chi connectivity index (χ1) is 10.8. The first-order valence-corrected chi connectivity index (χ1v) is 7.13. The first-order valence-electron chi connectivity index (χ1n) is 7.13. The zero-order valence-corrected chi connectivity index (χ0v) is 12.6. The molecule has 22 heavy (non-hydrogen) atoms. The van der Waals surface area contributed by atoms with Gasteiger partial charge in [0.15, 0.2) is 0 Å². The van der Waals surface area contributed by atoms with Crippen molar-refractivity contribution in [2.45, 2.75) is 19.5 Å². The Morgan fingerprint density at radius 2 is 2.14 bits per heavy atom. The molecule has 0 bridgehead atoms. The number of hydrogen-bond acceptors (Lipinski definition) is 3. The summed E-state index contributed by atoms with van der Waals surface area (Å²) in [6, 6.07) is 12.9. The molecule has 0 saturated heterocycles. The Kier molecular flexibility index (Phi) is 5.64. The summed E-state index contributed by atoms with van der Waals surface area (Å²) in [5, 5.41) is 0.